The van der Waals surface area contributed by atoms with Gasteiger partial charge < -0.3 is 5.32 Å². The van der Waals surface area contributed by atoms with Crippen molar-refractivity contribution in [1.82, 2.24) is 25.1 Å². The minimum Gasteiger partial charge on any atom is -0.356 e. The van der Waals surface area contributed by atoms with Crippen molar-refractivity contribution in [3.05, 3.63) is 59.0 Å². The third kappa shape index (κ3) is 5.48. The molecule has 3 aromatic rings. The predicted molar refractivity (Wildman–Crippen MR) is 102 cm³/mol. The zero-order valence-electron chi connectivity index (χ0n) is 15.1. The number of nitrogens with zero attached hydrogens (tertiary/aromatic N) is 4. The number of carbonyl (C=O) groups is 1. The molecule has 1 aromatic carbocycles. The molecule has 1 amide bonds. The first-order valence-corrected chi connectivity index (χ1v) is 9.59. The topological polar surface area (TPSA) is 72.7 Å². The van der Waals surface area contributed by atoms with E-state index in [4.69, 9.17) is 11.6 Å². The highest BCUT2D eigenvalue weighted by Crippen LogP contribution is 2.32. The second kappa shape index (κ2) is 8.83. The Kier molecular flexibility index (Phi) is 6.43. The van der Waals surface area contributed by atoms with Gasteiger partial charge in [-0.3, -0.25) is 9.36 Å². The lowest BCUT2D eigenvalue weighted by Crippen LogP contribution is -2.23. The molecule has 0 aliphatic rings. The highest BCUT2D eigenvalue weighted by Gasteiger charge is 2.30. The van der Waals surface area contributed by atoms with Crippen LogP contribution in [0.1, 0.15) is 18.3 Å². The maximum Gasteiger partial charge on any atom is 0.417 e. The Hall–Kier alpha value is -2.59. The number of benzene rings is 1. The van der Waals surface area contributed by atoms with Gasteiger partial charge in [0.1, 0.15) is 10.9 Å². The van der Waals surface area contributed by atoms with Crippen LogP contribution in [0.3, 0.4) is 0 Å². The third-order valence-corrected chi connectivity index (χ3v) is 4.92. The summed E-state index contributed by atoms with van der Waals surface area (Å²) in [6, 6.07) is 9.22. The Bertz CT molecular complexity index is 990. The van der Waals surface area contributed by atoms with Crippen molar-refractivity contribution in [2.75, 3.05) is 6.54 Å². The van der Waals surface area contributed by atoms with Crippen molar-refractivity contribution in [2.24, 2.45) is 0 Å². The zero-order valence-corrected chi connectivity index (χ0v) is 16.6. The molecule has 152 valence electrons. The van der Waals surface area contributed by atoms with E-state index in [0.717, 1.165) is 29.7 Å². The van der Waals surface area contributed by atoms with Gasteiger partial charge in [-0.15, -0.1) is 10.2 Å². The van der Waals surface area contributed by atoms with Gasteiger partial charge in [-0.25, -0.2) is 4.98 Å². The van der Waals surface area contributed by atoms with Gasteiger partial charge in [-0.2, -0.15) is 13.2 Å². The number of hydrogen-bond acceptors (Lipinski definition) is 5. The molecule has 0 saturated heterocycles. The molecule has 11 heteroatoms. The molecule has 29 heavy (non-hydrogen) atoms. The minimum absolute atomic E-state index is 0.161. The molecule has 0 bridgehead atoms. The molecule has 0 spiro atoms. The van der Waals surface area contributed by atoms with Gasteiger partial charge in [0, 0.05) is 36.8 Å². The van der Waals surface area contributed by atoms with E-state index in [1.165, 1.54) is 13.0 Å². The summed E-state index contributed by atoms with van der Waals surface area (Å²) in [5.74, 6) is 0.418. The average molecular weight is 442 g/mol. The molecule has 0 unspecified atom stereocenters. The summed E-state index contributed by atoms with van der Waals surface area (Å²) in [6.45, 7) is 1.78. The van der Waals surface area contributed by atoms with Crippen LogP contribution in [0.25, 0.3) is 5.69 Å². The molecule has 0 aliphatic heterocycles. The third-order valence-electron chi connectivity index (χ3n) is 3.77. The second-order valence-corrected chi connectivity index (χ2v) is 7.35. The van der Waals surface area contributed by atoms with Gasteiger partial charge in [0.15, 0.2) is 0 Å². The fourth-order valence-corrected chi connectivity index (χ4v) is 3.37. The lowest BCUT2D eigenvalue weighted by Gasteiger charge is -2.11. The lowest BCUT2D eigenvalue weighted by molar-refractivity contribution is -0.137. The van der Waals surface area contributed by atoms with Gasteiger partial charge in [-0.1, -0.05) is 11.6 Å². The maximum atomic E-state index is 12.7. The smallest absolute Gasteiger partial charge is 0.356 e. The maximum absolute atomic E-state index is 12.7. The van der Waals surface area contributed by atoms with Crippen molar-refractivity contribution in [1.29, 1.82) is 0 Å². The van der Waals surface area contributed by atoms with E-state index < -0.39 is 11.7 Å². The van der Waals surface area contributed by atoms with E-state index >= 15 is 0 Å². The van der Waals surface area contributed by atoms with Crippen molar-refractivity contribution in [3.8, 4) is 5.69 Å². The van der Waals surface area contributed by atoms with Gasteiger partial charge in [0.05, 0.1) is 5.56 Å². The summed E-state index contributed by atoms with van der Waals surface area (Å²) in [5, 5.41) is 12.3. The van der Waals surface area contributed by atoms with Crippen LogP contribution in [0.15, 0.2) is 52.8 Å². The standard InChI is InChI=1S/C18H15ClF3N5OS/c1-11(28)23-9-8-15-25-26-17(27(15)14-5-3-13(19)4-6-14)29-16-7-2-12(10-24-16)18(20,21)22/h2-7,10H,8-9H2,1H3,(H,23,28). The molecule has 0 radical (unpaired) electrons. The number of rotatable bonds is 6. The van der Waals surface area contributed by atoms with Gasteiger partial charge in [0.25, 0.3) is 0 Å². The molecule has 3 rings (SSSR count). The molecule has 2 heterocycles. The molecule has 0 aliphatic carbocycles. The summed E-state index contributed by atoms with van der Waals surface area (Å²) < 4.78 is 39.9. The van der Waals surface area contributed by atoms with Crippen LogP contribution in [-0.2, 0) is 17.4 Å². The highest BCUT2D eigenvalue weighted by molar-refractivity contribution is 7.99. The van der Waals surface area contributed by atoms with E-state index in [1.54, 1.807) is 28.8 Å². The molecule has 1 N–H and O–H groups in total. The monoisotopic (exact) mass is 441 g/mol. The van der Waals surface area contributed by atoms with Crippen molar-refractivity contribution < 1.29 is 18.0 Å². The predicted octanol–water partition coefficient (Wildman–Crippen LogP) is 4.16. The Labute approximate surface area is 173 Å². The number of nitrogens with one attached hydrogen (secondary N) is 1. The number of carbonyl (C=O) groups excluding carboxylic acids is 1. The number of alkyl halides is 3. The van der Waals surface area contributed by atoms with Gasteiger partial charge in [-0.05, 0) is 48.2 Å². The number of amides is 1. The van der Waals surface area contributed by atoms with Crippen LogP contribution in [-0.4, -0.2) is 32.2 Å². The SMILES string of the molecule is CC(=O)NCCc1nnc(Sc2ccc(C(F)(F)F)cn2)n1-c1ccc(Cl)cc1. The average Bonchev–Trinajstić information content (AvgIpc) is 3.04. The molecule has 0 fully saturated rings. The summed E-state index contributed by atoms with van der Waals surface area (Å²) in [4.78, 5) is 15.0. The summed E-state index contributed by atoms with van der Waals surface area (Å²) in [6.07, 6.45) is -3.25. The van der Waals surface area contributed by atoms with Crippen LogP contribution in [0.2, 0.25) is 5.02 Å². The number of pyridine rings is 1. The van der Waals surface area contributed by atoms with Gasteiger partial charge in [0.2, 0.25) is 11.1 Å². The fraction of sp³-hybridized carbons (Fsp3) is 0.222. The Morgan fingerprint density at radius 2 is 1.90 bits per heavy atom. The number of halogens is 4. The normalized spacial score (nSPS) is 11.5. The molecule has 0 saturated carbocycles. The first-order valence-electron chi connectivity index (χ1n) is 8.40. The van der Waals surface area contributed by atoms with Crippen LogP contribution in [0, 0.1) is 0 Å². The van der Waals surface area contributed by atoms with Crippen molar-refractivity contribution in [3.63, 3.8) is 0 Å². The Balaban J connectivity index is 1.90. The van der Waals surface area contributed by atoms with Crippen LogP contribution in [0.4, 0.5) is 13.2 Å². The Morgan fingerprint density at radius 3 is 2.48 bits per heavy atom. The molecule has 0 atom stereocenters. The van der Waals surface area contributed by atoms with Crippen LogP contribution >= 0.6 is 23.4 Å². The minimum atomic E-state index is -4.45. The quantitative estimate of drug-likeness (QED) is 0.621. The van der Waals surface area contributed by atoms with Crippen LogP contribution < -0.4 is 5.32 Å². The Morgan fingerprint density at radius 1 is 1.17 bits per heavy atom. The second-order valence-electron chi connectivity index (χ2n) is 5.93. The fourth-order valence-electron chi connectivity index (χ4n) is 2.43. The first-order chi connectivity index (χ1) is 13.7. The molecule has 6 nitrogen and oxygen atoms in total. The first kappa shape index (κ1) is 21.1. The highest BCUT2D eigenvalue weighted by atomic mass is 35.5. The van der Waals surface area contributed by atoms with E-state index in [0.29, 0.717) is 34.0 Å². The summed E-state index contributed by atoms with van der Waals surface area (Å²) in [5.41, 5.74) is -0.0938. The number of hydrogen-bond donors (Lipinski definition) is 1. The summed E-state index contributed by atoms with van der Waals surface area (Å²) >= 11 is 7.04. The number of aromatic nitrogens is 4. The zero-order chi connectivity index (χ0) is 21.0. The summed E-state index contributed by atoms with van der Waals surface area (Å²) in [7, 11) is 0. The van der Waals surface area contributed by atoms with E-state index in [2.05, 4.69) is 20.5 Å². The molecular formula is C18H15ClF3N5OS. The molecular weight excluding hydrogens is 427 g/mol. The molecule has 2 aromatic heterocycles. The van der Waals surface area contributed by atoms with E-state index in [9.17, 15) is 18.0 Å². The lowest BCUT2D eigenvalue weighted by atomic mass is 10.3. The van der Waals surface area contributed by atoms with Crippen molar-refractivity contribution >= 4 is 29.3 Å². The largest absolute Gasteiger partial charge is 0.417 e. The van der Waals surface area contributed by atoms with Crippen LogP contribution in [0.5, 0.6) is 0 Å². The van der Waals surface area contributed by atoms with E-state index in [1.807, 2.05) is 0 Å². The van der Waals surface area contributed by atoms with E-state index in [-0.39, 0.29) is 5.91 Å². The van der Waals surface area contributed by atoms with Crippen molar-refractivity contribution in [2.45, 2.75) is 29.7 Å². The van der Waals surface area contributed by atoms with Gasteiger partial charge >= 0.3 is 6.18 Å².